The Morgan fingerprint density at radius 3 is 2.57 bits per heavy atom. The highest BCUT2D eigenvalue weighted by Crippen LogP contribution is 2.37. The minimum absolute atomic E-state index is 0.0520. The summed E-state index contributed by atoms with van der Waals surface area (Å²) in [5.74, 6) is -0.0520. The summed E-state index contributed by atoms with van der Waals surface area (Å²) in [6.07, 6.45) is 2.75. The number of carbonyl (C=O) groups is 1. The number of thiocarbonyl (C=S) groups is 1. The van der Waals surface area contributed by atoms with E-state index in [4.69, 9.17) is 12.2 Å². The normalized spacial score (nSPS) is 16.4. The highest BCUT2D eigenvalue weighted by atomic mass is 79.9. The molecule has 0 aromatic heterocycles. The van der Waals surface area contributed by atoms with Gasteiger partial charge >= 0.3 is 0 Å². The number of thioether (sulfide) groups is 1. The lowest BCUT2D eigenvalue weighted by Crippen LogP contribution is -2.28. The van der Waals surface area contributed by atoms with Gasteiger partial charge in [0.15, 0.2) is 4.32 Å². The van der Waals surface area contributed by atoms with E-state index in [9.17, 15) is 4.79 Å². The molecule has 1 amide bonds. The zero-order chi connectivity index (χ0) is 16.4. The number of nitrogens with zero attached hydrogens (tertiary/aromatic N) is 1. The van der Waals surface area contributed by atoms with Crippen molar-refractivity contribution >= 4 is 61.9 Å². The first-order chi connectivity index (χ1) is 11.1. The van der Waals surface area contributed by atoms with Gasteiger partial charge < -0.3 is 0 Å². The van der Waals surface area contributed by atoms with Gasteiger partial charge in [-0.2, -0.15) is 0 Å². The Morgan fingerprint density at radius 2 is 1.87 bits per heavy atom. The van der Waals surface area contributed by atoms with Gasteiger partial charge in [-0.3, -0.25) is 9.69 Å². The molecule has 0 unspecified atom stereocenters. The Kier molecular flexibility index (Phi) is 4.99. The summed E-state index contributed by atoms with van der Waals surface area (Å²) in [6.45, 7) is 2.08. The average Bonchev–Trinajstić information content (AvgIpc) is 2.83. The van der Waals surface area contributed by atoms with Crippen LogP contribution >= 0.6 is 39.9 Å². The molecular formula is C18H14BrNOS2. The van der Waals surface area contributed by atoms with Crippen molar-refractivity contribution in [1.82, 2.24) is 0 Å². The number of carbonyl (C=O) groups excluding carboxylic acids is 1. The molecule has 0 aliphatic carbocycles. The van der Waals surface area contributed by atoms with E-state index in [0.29, 0.717) is 9.23 Å². The Balaban J connectivity index is 1.95. The van der Waals surface area contributed by atoms with Crippen LogP contribution in [0.25, 0.3) is 6.08 Å². The number of rotatable bonds is 3. The Morgan fingerprint density at radius 1 is 1.17 bits per heavy atom. The van der Waals surface area contributed by atoms with Crippen LogP contribution in [-0.2, 0) is 11.2 Å². The van der Waals surface area contributed by atoms with Crippen LogP contribution in [0.15, 0.2) is 57.9 Å². The van der Waals surface area contributed by atoms with E-state index in [1.165, 1.54) is 11.8 Å². The molecular weight excluding hydrogens is 390 g/mol. The number of para-hydroxylation sites is 1. The monoisotopic (exact) mass is 403 g/mol. The van der Waals surface area contributed by atoms with Gasteiger partial charge in [0.2, 0.25) is 0 Å². The number of anilines is 1. The lowest BCUT2D eigenvalue weighted by molar-refractivity contribution is -0.113. The SMILES string of the molecule is CCc1ccccc1N1C(=O)C(=Cc2ccc(Br)cc2)SC1=S. The van der Waals surface area contributed by atoms with Crippen LogP contribution in [0.4, 0.5) is 5.69 Å². The zero-order valence-corrected chi connectivity index (χ0v) is 15.7. The molecule has 2 aromatic carbocycles. The van der Waals surface area contributed by atoms with Crippen LogP contribution in [-0.4, -0.2) is 10.2 Å². The third-order valence-electron chi connectivity index (χ3n) is 3.57. The third kappa shape index (κ3) is 3.42. The summed E-state index contributed by atoms with van der Waals surface area (Å²) in [5, 5.41) is 0. The van der Waals surface area contributed by atoms with Crippen molar-refractivity contribution in [3.05, 3.63) is 69.0 Å². The van der Waals surface area contributed by atoms with Gasteiger partial charge in [0.25, 0.3) is 5.91 Å². The lowest BCUT2D eigenvalue weighted by Gasteiger charge is -2.18. The molecule has 1 fully saturated rings. The Hall–Kier alpha value is -1.43. The van der Waals surface area contributed by atoms with Crippen LogP contribution in [0.3, 0.4) is 0 Å². The zero-order valence-electron chi connectivity index (χ0n) is 12.5. The summed E-state index contributed by atoms with van der Waals surface area (Å²) in [6, 6.07) is 15.8. The van der Waals surface area contributed by atoms with Crippen molar-refractivity contribution in [2.75, 3.05) is 4.90 Å². The number of benzene rings is 2. The molecule has 5 heteroatoms. The van der Waals surface area contributed by atoms with E-state index in [-0.39, 0.29) is 5.91 Å². The van der Waals surface area contributed by atoms with Gasteiger partial charge in [0, 0.05) is 4.47 Å². The van der Waals surface area contributed by atoms with Crippen molar-refractivity contribution in [1.29, 1.82) is 0 Å². The molecule has 23 heavy (non-hydrogen) atoms. The lowest BCUT2D eigenvalue weighted by atomic mass is 10.1. The Labute approximate surface area is 153 Å². The summed E-state index contributed by atoms with van der Waals surface area (Å²) >= 11 is 10.2. The van der Waals surface area contributed by atoms with E-state index in [0.717, 1.165) is 27.7 Å². The fourth-order valence-electron chi connectivity index (χ4n) is 2.41. The largest absolute Gasteiger partial charge is 0.270 e. The summed E-state index contributed by atoms with van der Waals surface area (Å²) in [4.78, 5) is 15.1. The molecule has 2 aromatic rings. The van der Waals surface area contributed by atoms with Crippen LogP contribution in [0, 0.1) is 0 Å². The first-order valence-electron chi connectivity index (χ1n) is 7.21. The van der Waals surface area contributed by atoms with Gasteiger partial charge in [-0.25, -0.2) is 0 Å². The molecule has 116 valence electrons. The summed E-state index contributed by atoms with van der Waals surface area (Å²) in [7, 11) is 0. The molecule has 0 atom stereocenters. The molecule has 1 aliphatic rings. The van der Waals surface area contributed by atoms with E-state index in [1.54, 1.807) is 4.90 Å². The highest BCUT2D eigenvalue weighted by molar-refractivity contribution is 9.10. The fourth-order valence-corrected chi connectivity index (χ4v) is 3.96. The Bertz CT molecular complexity index is 799. The first-order valence-corrected chi connectivity index (χ1v) is 9.23. The molecule has 3 rings (SSSR count). The van der Waals surface area contributed by atoms with Gasteiger partial charge in [-0.05, 0) is 41.8 Å². The van der Waals surface area contributed by atoms with Gasteiger partial charge in [0.05, 0.1) is 10.6 Å². The minimum Gasteiger partial charge on any atom is -0.268 e. The van der Waals surface area contributed by atoms with E-state index < -0.39 is 0 Å². The van der Waals surface area contributed by atoms with Crippen LogP contribution in [0.2, 0.25) is 0 Å². The maximum Gasteiger partial charge on any atom is 0.270 e. The second-order valence-electron chi connectivity index (χ2n) is 5.05. The molecule has 0 radical (unpaired) electrons. The smallest absolute Gasteiger partial charge is 0.268 e. The van der Waals surface area contributed by atoms with Gasteiger partial charge in [0.1, 0.15) is 0 Å². The van der Waals surface area contributed by atoms with E-state index >= 15 is 0 Å². The molecule has 0 N–H and O–H groups in total. The first kappa shape index (κ1) is 16.4. The molecule has 0 saturated carbocycles. The summed E-state index contributed by atoms with van der Waals surface area (Å²) < 4.78 is 1.60. The van der Waals surface area contributed by atoms with Crippen LogP contribution < -0.4 is 4.90 Å². The molecule has 1 aliphatic heterocycles. The summed E-state index contributed by atoms with van der Waals surface area (Å²) in [5.41, 5.74) is 2.99. The quantitative estimate of drug-likeness (QED) is 0.504. The average molecular weight is 404 g/mol. The van der Waals surface area contributed by atoms with Crippen LogP contribution in [0.1, 0.15) is 18.1 Å². The number of aryl methyl sites for hydroxylation is 1. The number of hydrogen-bond acceptors (Lipinski definition) is 3. The van der Waals surface area contributed by atoms with Crippen molar-refractivity contribution in [3.63, 3.8) is 0 Å². The van der Waals surface area contributed by atoms with Crippen molar-refractivity contribution in [2.45, 2.75) is 13.3 Å². The van der Waals surface area contributed by atoms with Crippen molar-refractivity contribution in [2.24, 2.45) is 0 Å². The van der Waals surface area contributed by atoms with E-state index in [2.05, 4.69) is 22.9 Å². The second kappa shape index (κ2) is 6.99. The number of halogens is 1. The predicted molar refractivity (Wildman–Crippen MR) is 106 cm³/mol. The van der Waals surface area contributed by atoms with Gasteiger partial charge in [-0.1, -0.05) is 77.2 Å². The maximum atomic E-state index is 12.8. The molecule has 1 heterocycles. The molecule has 1 saturated heterocycles. The second-order valence-corrected chi connectivity index (χ2v) is 7.64. The highest BCUT2D eigenvalue weighted by Gasteiger charge is 2.34. The molecule has 0 spiro atoms. The predicted octanol–water partition coefficient (Wildman–Crippen LogP) is 5.42. The standard InChI is InChI=1S/C18H14BrNOS2/c1-2-13-5-3-4-6-15(13)20-17(21)16(23-18(20)22)11-12-7-9-14(19)10-8-12/h3-11H,2H2,1H3. The topological polar surface area (TPSA) is 20.3 Å². The van der Waals surface area contributed by atoms with Gasteiger partial charge in [-0.15, -0.1) is 0 Å². The molecule has 0 bridgehead atoms. The third-order valence-corrected chi connectivity index (χ3v) is 5.41. The fraction of sp³-hybridized carbons (Fsp3) is 0.111. The maximum absolute atomic E-state index is 12.8. The number of hydrogen-bond donors (Lipinski definition) is 0. The molecule has 2 nitrogen and oxygen atoms in total. The van der Waals surface area contributed by atoms with Crippen molar-refractivity contribution < 1.29 is 4.79 Å². The van der Waals surface area contributed by atoms with Crippen LogP contribution in [0.5, 0.6) is 0 Å². The van der Waals surface area contributed by atoms with Crippen molar-refractivity contribution in [3.8, 4) is 0 Å². The minimum atomic E-state index is -0.0520. The van der Waals surface area contributed by atoms with E-state index in [1.807, 2.05) is 54.6 Å². The number of amides is 1.